The van der Waals surface area contributed by atoms with Crippen LogP contribution in [0.3, 0.4) is 0 Å². The number of benzene rings is 1. The Balaban J connectivity index is 1.98. The van der Waals surface area contributed by atoms with Crippen molar-refractivity contribution in [3.63, 3.8) is 0 Å². The van der Waals surface area contributed by atoms with Crippen LogP contribution in [0.2, 0.25) is 5.02 Å². The van der Waals surface area contributed by atoms with Gasteiger partial charge in [-0.05, 0) is 37.6 Å². The third-order valence-corrected chi connectivity index (χ3v) is 5.13. The van der Waals surface area contributed by atoms with E-state index in [9.17, 15) is 9.59 Å². The number of imidazole rings is 1. The highest BCUT2D eigenvalue weighted by Gasteiger charge is 2.17. The average Bonchev–Trinajstić information content (AvgIpc) is 3.05. The fourth-order valence-electron chi connectivity index (χ4n) is 3.24. The molecule has 160 valence electrons. The maximum Gasteiger partial charge on any atom is 0.332 e. The lowest BCUT2D eigenvalue weighted by Crippen LogP contribution is -2.39. The zero-order valence-corrected chi connectivity index (χ0v) is 18.3. The number of fused-ring (bicyclic) bond motifs is 1. The summed E-state index contributed by atoms with van der Waals surface area (Å²) in [6, 6.07) is 5.45. The van der Waals surface area contributed by atoms with Gasteiger partial charge in [0.1, 0.15) is 18.2 Å². The van der Waals surface area contributed by atoms with Crippen LogP contribution in [-0.4, -0.2) is 39.0 Å². The van der Waals surface area contributed by atoms with Gasteiger partial charge in [-0.3, -0.25) is 13.9 Å². The van der Waals surface area contributed by atoms with Crippen LogP contribution >= 0.6 is 11.6 Å². The molecule has 0 amide bonds. The van der Waals surface area contributed by atoms with E-state index in [1.165, 1.54) is 9.13 Å². The van der Waals surface area contributed by atoms with Crippen molar-refractivity contribution >= 4 is 34.9 Å². The molecule has 1 aromatic carbocycles. The van der Waals surface area contributed by atoms with Crippen LogP contribution in [0.5, 0.6) is 5.75 Å². The molecule has 3 aromatic rings. The number of hydrogen-bond acceptors (Lipinski definition) is 5. The number of hydrogen-bond donors (Lipinski definition) is 0. The summed E-state index contributed by atoms with van der Waals surface area (Å²) in [5.41, 5.74) is 0.960. The Bertz CT molecular complexity index is 1210. The molecule has 0 aliphatic heterocycles. The van der Waals surface area contributed by atoms with Crippen molar-refractivity contribution in [3.8, 4) is 5.75 Å². The molecule has 2 heterocycles. The fraction of sp³-hybridized carbons (Fsp3) is 0.381. The highest BCUT2D eigenvalue weighted by atomic mass is 35.5. The van der Waals surface area contributed by atoms with E-state index in [-0.39, 0.29) is 11.2 Å². The van der Waals surface area contributed by atoms with Crippen molar-refractivity contribution < 1.29 is 9.47 Å². The largest absolute Gasteiger partial charge is 0.490 e. The molecule has 30 heavy (non-hydrogen) atoms. The zero-order chi connectivity index (χ0) is 21.8. The molecular weight excluding hydrogens is 408 g/mol. The van der Waals surface area contributed by atoms with E-state index in [0.29, 0.717) is 54.1 Å². The number of aryl methyl sites for hydroxylation is 2. The number of methoxy groups -OCH3 is 1. The highest BCUT2D eigenvalue weighted by Crippen LogP contribution is 2.26. The molecule has 2 aromatic heterocycles. The molecule has 0 unspecified atom stereocenters. The molecule has 0 atom stereocenters. The second-order valence-electron chi connectivity index (χ2n) is 6.64. The van der Waals surface area contributed by atoms with Crippen LogP contribution in [0.25, 0.3) is 23.3 Å². The van der Waals surface area contributed by atoms with Gasteiger partial charge in [0.05, 0.1) is 11.6 Å². The van der Waals surface area contributed by atoms with Crippen molar-refractivity contribution in [3.05, 3.63) is 55.4 Å². The minimum atomic E-state index is -0.345. The van der Waals surface area contributed by atoms with Crippen LogP contribution in [0.15, 0.2) is 27.8 Å². The zero-order valence-electron chi connectivity index (χ0n) is 17.5. The lowest BCUT2D eigenvalue weighted by molar-refractivity contribution is 0.146. The van der Waals surface area contributed by atoms with Gasteiger partial charge in [-0.15, -0.1) is 0 Å². The summed E-state index contributed by atoms with van der Waals surface area (Å²) in [6.45, 7) is 5.26. The van der Waals surface area contributed by atoms with Gasteiger partial charge in [0.25, 0.3) is 5.56 Å². The first kappa shape index (κ1) is 21.9. The summed E-state index contributed by atoms with van der Waals surface area (Å²) in [4.78, 5) is 29.9. The van der Waals surface area contributed by atoms with Gasteiger partial charge in [0, 0.05) is 27.2 Å². The number of aromatic nitrogens is 4. The monoisotopic (exact) mass is 432 g/mol. The van der Waals surface area contributed by atoms with Gasteiger partial charge in [-0.2, -0.15) is 0 Å². The van der Waals surface area contributed by atoms with E-state index in [2.05, 4.69) is 4.98 Å². The highest BCUT2D eigenvalue weighted by molar-refractivity contribution is 6.32. The molecule has 0 spiro atoms. The van der Waals surface area contributed by atoms with Crippen molar-refractivity contribution in [1.29, 1.82) is 0 Å². The Morgan fingerprint density at radius 2 is 1.83 bits per heavy atom. The van der Waals surface area contributed by atoms with Crippen LogP contribution < -0.4 is 16.0 Å². The van der Waals surface area contributed by atoms with Gasteiger partial charge in [0.15, 0.2) is 11.2 Å². The second-order valence-corrected chi connectivity index (χ2v) is 7.05. The molecule has 0 radical (unpaired) electrons. The lowest BCUT2D eigenvalue weighted by Gasteiger charge is -2.08. The van der Waals surface area contributed by atoms with Crippen molar-refractivity contribution in [2.45, 2.75) is 26.9 Å². The predicted molar refractivity (Wildman–Crippen MR) is 118 cm³/mol. The molecule has 0 saturated heterocycles. The molecule has 8 nitrogen and oxygen atoms in total. The van der Waals surface area contributed by atoms with Crippen molar-refractivity contribution in [2.24, 2.45) is 7.05 Å². The van der Waals surface area contributed by atoms with Crippen LogP contribution in [0.4, 0.5) is 0 Å². The predicted octanol–water partition coefficient (Wildman–Crippen LogP) is 2.79. The number of halogens is 1. The van der Waals surface area contributed by atoms with Gasteiger partial charge < -0.3 is 14.0 Å². The van der Waals surface area contributed by atoms with Crippen molar-refractivity contribution in [1.82, 2.24) is 18.7 Å². The molecule has 0 N–H and O–H groups in total. The van der Waals surface area contributed by atoms with E-state index >= 15 is 0 Å². The summed E-state index contributed by atoms with van der Waals surface area (Å²) in [5.74, 6) is 1.15. The van der Waals surface area contributed by atoms with Crippen LogP contribution in [0, 0.1) is 0 Å². The molecular formula is C21H25ClN4O4. The first-order valence-corrected chi connectivity index (χ1v) is 10.1. The Kier molecular flexibility index (Phi) is 6.79. The van der Waals surface area contributed by atoms with Crippen molar-refractivity contribution in [2.75, 3.05) is 20.3 Å². The summed E-state index contributed by atoms with van der Waals surface area (Å²) in [7, 11) is 3.37. The van der Waals surface area contributed by atoms with Crippen LogP contribution in [0.1, 0.15) is 25.2 Å². The maximum atomic E-state index is 12.8. The molecule has 0 fully saturated rings. The van der Waals surface area contributed by atoms with E-state index in [0.717, 1.165) is 5.56 Å². The number of rotatable bonds is 8. The Morgan fingerprint density at radius 1 is 1.10 bits per heavy atom. The minimum Gasteiger partial charge on any atom is -0.490 e. The van der Waals surface area contributed by atoms with Gasteiger partial charge in [-0.1, -0.05) is 23.7 Å². The minimum absolute atomic E-state index is 0.307. The lowest BCUT2D eigenvalue weighted by atomic mass is 10.2. The third kappa shape index (κ3) is 4.06. The Hall–Kier alpha value is -2.84. The summed E-state index contributed by atoms with van der Waals surface area (Å²) < 4.78 is 15.0. The number of ether oxygens (including phenoxy) is 2. The second kappa shape index (κ2) is 9.32. The first-order valence-electron chi connectivity index (χ1n) is 9.72. The van der Waals surface area contributed by atoms with E-state index in [1.807, 2.05) is 19.1 Å². The van der Waals surface area contributed by atoms with E-state index in [4.69, 9.17) is 21.1 Å². The standard InChI is InChI=1S/C21H25ClN4O4/c1-5-25-19-18(20(27)26(6-2)21(25)28)24(3)17(23-19)10-8-14-7-9-16(15(22)13-14)30-12-11-29-4/h7-10,13H,5-6,11-12H2,1-4H3/b10-8+. The number of nitrogens with zero attached hydrogens (tertiary/aromatic N) is 4. The quantitative estimate of drug-likeness (QED) is 0.511. The first-order chi connectivity index (χ1) is 14.4. The maximum absolute atomic E-state index is 12.8. The average molecular weight is 433 g/mol. The Labute approximate surface area is 178 Å². The summed E-state index contributed by atoms with van der Waals surface area (Å²) in [6.07, 6.45) is 3.64. The van der Waals surface area contributed by atoms with Gasteiger partial charge in [-0.25, -0.2) is 9.78 Å². The van der Waals surface area contributed by atoms with E-state index < -0.39 is 0 Å². The van der Waals surface area contributed by atoms with E-state index in [1.54, 1.807) is 43.9 Å². The topological polar surface area (TPSA) is 80.3 Å². The third-order valence-electron chi connectivity index (χ3n) is 4.83. The summed E-state index contributed by atoms with van der Waals surface area (Å²) in [5, 5.41) is 0.490. The normalized spacial score (nSPS) is 11.6. The molecule has 0 aliphatic rings. The fourth-order valence-corrected chi connectivity index (χ4v) is 3.48. The molecule has 0 saturated carbocycles. The van der Waals surface area contributed by atoms with Gasteiger partial charge >= 0.3 is 5.69 Å². The molecule has 0 aliphatic carbocycles. The Morgan fingerprint density at radius 3 is 2.47 bits per heavy atom. The summed E-state index contributed by atoms with van der Waals surface area (Å²) >= 11 is 6.29. The van der Waals surface area contributed by atoms with Crippen LogP contribution in [-0.2, 0) is 24.9 Å². The molecule has 0 bridgehead atoms. The molecule has 3 rings (SSSR count). The smallest absolute Gasteiger partial charge is 0.332 e. The molecule has 9 heteroatoms. The van der Waals surface area contributed by atoms with Gasteiger partial charge in [0.2, 0.25) is 0 Å². The SMILES string of the molecule is CCn1c(=O)c2c(nc(/C=C/c3ccc(OCCOC)c(Cl)c3)n2C)n(CC)c1=O.